The highest BCUT2D eigenvalue weighted by Crippen LogP contribution is 2.26. The molecule has 1 aliphatic rings. The van der Waals surface area contributed by atoms with Crippen molar-refractivity contribution in [2.24, 2.45) is 4.99 Å². The second-order valence-corrected chi connectivity index (χ2v) is 8.00. The van der Waals surface area contributed by atoms with E-state index >= 15 is 0 Å². The predicted molar refractivity (Wildman–Crippen MR) is 119 cm³/mol. The highest BCUT2D eigenvalue weighted by atomic mass is 127. The summed E-state index contributed by atoms with van der Waals surface area (Å²) in [6, 6.07) is 4.30. The minimum atomic E-state index is 0. The van der Waals surface area contributed by atoms with Crippen LogP contribution >= 0.6 is 35.3 Å². The number of nitrogens with zero attached hydrogens (tertiary/aromatic N) is 4. The summed E-state index contributed by atoms with van der Waals surface area (Å²) in [5.41, 5.74) is 0.0678. The first kappa shape index (κ1) is 21.1. The van der Waals surface area contributed by atoms with Crippen molar-refractivity contribution in [1.29, 1.82) is 0 Å². The van der Waals surface area contributed by atoms with Gasteiger partial charge in [-0.2, -0.15) is 0 Å². The number of aliphatic imine (C=N–C) groups is 1. The minimum Gasteiger partial charge on any atom is -0.357 e. The molecule has 0 saturated carbocycles. The fourth-order valence-corrected chi connectivity index (χ4v) is 3.88. The van der Waals surface area contributed by atoms with Crippen LogP contribution in [0.4, 0.5) is 0 Å². The van der Waals surface area contributed by atoms with Crippen LogP contribution in [0, 0.1) is 0 Å². The topological polar surface area (TPSA) is 67.1 Å². The summed E-state index contributed by atoms with van der Waals surface area (Å²) in [5.74, 6) is 2.90. The lowest BCUT2D eigenvalue weighted by atomic mass is 9.91. The molecule has 8 heteroatoms. The first-order valence-corrected chi connectivity index (χ1v) is 9.95. The molecular weight excluding hydrogens is 459 g/mol. The molecule has 0 fully saturated rings. The monoisotopic (exact) mass is 488 g/mol. The molecule has 144 valence electrons. The Kier molecular flexibility index (Phi) is 7.87. The highest BCUT2D eigenvalue weighted by molar-refractivity contribution is 14.0. The van der Waals surface area contributed by atoms with Crippen LogP contribution in [0.5, 0.6) is 0 Å². The van der Waals surface area contributed by atoms with Crippen molar-refractivity contribution < 1.29 is 0 Å². The molecule has 6 nitrogen and oxygen atoms in total. The molecular formula is C18H29IN6S. The Labute approximate surface area is 176 Å². The van der Waals surface area contributed by atoms with Crippen LogP contribution in [0.1, 0.15) is 50.1 Å². The number of thiophene rings is 1. The quantitative estimate of drug-likeness (QED) is 0.372. The summed E-state index contributed by atoms with van der Waals surface area (Å²) in [4.78, 5) is 6.10. The maximum Gasteiger partial charge on any atom is 0.191 e. The number of guanidine groups is 1. The number of hydrogen-bond acceptors (Lipinski definition) is 4. The summed E-state index contributed by atoms with van der Waals surface area (Å²) in [6.45, 7) is 9.83. The first-order valence-electron chi connectivity index (χ1n) is 9.07. The number of rotatable bonds is 6. The smallest absolute Gasteiger partial charge is 0.191 e. The molecule has 2 aromatic rings. The van der Waals surface area contributed by atoms with E-state index in [0.717, 1.165) is 43.7 Å². The number of nitrogens with one attached hydrogen (secondary N) is 2. The summed E-state index contributed by atoms with van der Waals surface area (Å²) in [5, 5.41) is 17.6. The largest absolute Gasteiger partial charge is 0.357 e. The number of fused-ring (bicyclic) bond motifs is 1. The van der Waals surface area contributed by atoms with Crippen LogP contribution in [0.15, 0.2) is 22.5 Å². The molecule has 0 amide bonds. The van der Waals surface area contributed by atoms with Gasteiger partial charge in [0.1, 0.15) is 12.4 Å². The van der Waals surface area contributed by atoms with Gasteiger partial charge in [0.2, 0.25) is 0 Å². The molecule has 0 bridgehead atoms. The summed E-state index contributed by atoms with van der Waals surface area (Å²) in [6.07, 6.45) is 3.45. The van der Waals surface area contributed by atoms with E-state index in [0.29, 0.717) is 6.54 Å². The Hall–Kier alpha value is -1.16. The maximum absolute atomic E-state index is 4.72. The van der Waals surface area contributed by atoms with Crippen molar-refractivity contribution in [2.75, 3.05) is 13.1 Å². The van der Waals surface area contributed by atoms with Gasteiger partial charge in [-0.15, -0.1) is 45.5 Å². The van der Waals surface area contributed by atoms with Gasteiger partial charge in [0.05, 0.1) is 0 Å². The van der Waals surface area contributed by atoms with Crippen LogP contribution < -0.4 is 10.6 Å². The average Bonchev–Trinajstić information content (AvgIpc) is 3.28. The standard InChI is InChI=1S/C18H28N6S.HI/c1-4-19-17(21-13-18(2,3)14-8-7-11-25-14)20-12-16-23-22-15-9-5-6-10-24(15)16;/h7-8,11H,4-6,9-10,12-13H2,1-3H3,(H2,19,20,21);1H. The van der Waals surface area contributed by atoms with Gasteiger partial charge in [-0.1, -0.05) is 19.9 Å². The maximum atomic E-state index is 4.72. The third-order valence-corrected chi connectivity index (χ3v) is 5.78. The highest BCUT2D eigenvalue weighted by Gasteiger charge is 2.22. The van der Waals surface area contributed by atoms with Crippen molar-refractivity contribution in [1.82, 2.24) is 25.4 Å². The molecule has 0 saturated heterocycles. The fraction of sp³-hybridized carbons (Fsp3) is 0.611. The van der Waals surface area contributed by atoms with E-state index in [1.807, 2.05) is 0 Å². The average molecular weight is 488 g/mol. The van der Waals surface area contributed by atoms with Gasteiger partial charge in [-0.05, 0) is 31.2 Å². The third-order valence-electron chi connectivity index (χ3n) is 4.54. The Morgan fingerprint density at radius 3 is 2.88 bits per heavy atom. The number of halogens is 1. The van der Waals surface area contributed by atoms with Gasteiger partial charge in [0, 0.05) is 36.3 Å². The Morgan fingerprint density at radius 1 is 1.31 bits per heavy atom. The van der Waals surface area contributed by atoms with Crippen LogP contribution in [0.2, 0.25) is 0 Å². The molecule has 0 unspecified atom stereocenters. The van der Waals surface area contributed by atoms with Gasteiger partial charge in [0.25, 0.3) is 0 Å². The molecule has 0 atom stereocenters. The predicted octanol–water partition coefficient (Wildman–Crippen LogP) is 3.33. The van der Waals surface area contributed by atoms with E-state index in [1.54, 1.807) is 11.3 Å². The lowest BCUT2D eigenvalue weighted by Gasteiger charge is -2.25. The summed E-state index contributed by atoms with van der Waals surface area (Å²) in [7, 11) is 0. The molecule has 0 aliphatic carbocycles. The molecule has 0 radical (unpaired) electrons. The number of aromatic nitrogens is 3. The minimum absolute atomic E-state index is 0. The fourth-order valence-electron chi connectivity index (χ4n) is 3.03. The van der Waals surface area contributed by atoms with Crippen molar-refractivity contribution >= 4 is 41.3 Å². The number of hydrogen-bond donors (Lipinski definition) is 2. The van der Waals surface area contributed by atoms with E-state index in [2.05, 4.69) is 63.7 Å². The van der Waals surface area contributed by atoms with Crippen LogP contribution in [-0.4, -0.2) is 33.8 Å². The van der Waals surface area contributed by atoms with E-state index in [9.17, 15) is 0 Å². The zero-order chi connectivity index (χ0) is 17.7. The van der Waals surface area contributed by atoms with Gasteiger partial charge >= 0.3 is 0 Å². The zero-order valence-corrected chi connectivity index (χ0v) is 18.9. The van der Waals surface area contributed by atoms with E-state index in [4.69, 9.17) is 4.99 Å². The third kappa shape index (κ3) is 5.18. The Morgan fingerprint density at radius 2 is 2.15 bits per heavy atom. The van der Waals surface area contributed by atoms with E-state index in [-0.39, 0.29) is 29.4 Å². The Balaban J connectivity index is 0.00000243. The molecule has 2 N–H and O–H groups in total. The van der Waals surface area contributed by atoms with Crippen molar-refractivity contribution in [2.45, 2.75) is 58.5 Å². The van der Waals surface area contributed by atoms with Gasteiger partial charge in [-0.25, -0.2) is 4.99 Å². The van der Waals surface area contributed by atoms with Crippen LogP contribution in [0.3, 0.4) is 0 Å². The second kappa shape index (κ2) is 9.68. The molecule has 1 aliphatic heterocycles. The lowest BCUT2D eigenvalue weighted by Crippen LogP contribution is -2.43. The summed E-state index contributed by atoms with van der Waals surface area (Å²) >= 11 is 1.80. The summed E-state index contributed by atoms with van der Waals surface area (Å²) < 4.78 is 2.23. The van der Waals surface area contributed by atoms with Crippen LogP contribution in [0.25, 0.3) is 0 Å². The molecule has 3 rings (SSSR count). The van der Waals surface area contributed by atoms with Crippen LogP contribution in [-0.2, 0) is 24.9 Å². The van der Waals surface area contributed by atoms with Crippen molar-refractivity contribution in [3.63, 3.8) is 0 Å². The normalized spacial score (nSPS) is 14.5. The first-order chi connectivity index (χ1) is 12.1. The van der Waals surface area contributed by atoms with Crippen molar-refractivity contribution in [3.8, 4) is 0 Å². The molecule has 0 aromatic carbocycles. The van der Waals surface area contributed by atoms with Gasteiger partial charge in [-0.3, -0.25) is 0 Å². The van der Waals surface area contributed by atoms with Gasteiger partial charge in [0.15, 0.2) is 11.8 Å². The van der Waals surface area contributed by atoms with E-state index in [1.165, 1.54) is 17.7 Å². The van der Waals surface area contributed by atoms with Crippen molar-refractivity contribution in [3.05, 3.63) is 34.0 Å². The zero-order valence-electron chi connectivity index (χ0n) is 15.8. The Bertz CT molecular complexity index is 707. The molecule has 26 heavy (non-hydrogen) atoms. The number of aryl methyl sites for hydroxylation is 1. The van der Waals surface area contributed by atoms with Gasteiger partial charge < -0.3 is 15.2 Å². The lowest BCUT2D eigenvalue weighted by molar-refractivity contribution is 0.506. The molecule has 0 spiro atoms. The SMILES string of the molecule is CCNC(=NCc1nnc2n1CCCC2)NCC(C)(C)c1cccs1.I. The van der Waals surface area contributed by atoms with E-state index < -0.39 is 0 Å². The molecule has 3 heterocycles. The second-order valence-electron chi connectivity index (χ2n) is 7.05. The molecule has 2 aromatic heterocycles.